The van der Waals surface area contributed by atoms with Crippen LogP contribution in [-0.4, -0.2) is 17.5 Å². The molecule has 0 amide bonds. The second-order valence-electron chi connectivity index (χ2n) is 4.31. The molecule has 0 atom stereocenters. The Labute approximate surface area is 123 Å². The third-order valence-corrected chi connectivity index (χ3v) is 3.03. The van der Waals surface area contributed by atoms with Gasteiger partial charge in [0.05, 0.1) is 12.2 Å². The number of halogens is 2. The predicted octanol–water partition coefficient (Wildman–Crippen LogP) is 2.04. The fraction of sp³-hybridized carbons (Fsp3) is 0.500. The second-order valence-corrected chi connectivity index (χ2v) is 4.31. The number of aliphatic imine (C=N–C) groups is 1. The smallest absolute Gasteiger partial charge is 0.188 e. The van der Waals surface area contributed by atoms with Crippen molar-refractivity contribution in [1.29, 1.82) is 0 Å². The van der Waals surface area contributed by atoms with Crippen molar-refractivity contribution in [2.45, 2.75) is 25.8 Å². The molecule has 1 aliphatic rings. The molecular weight excluding hydrogens is 346 g/mol. The maximum absolute atomic E-state index is 13.2. The first kappa shape index (κ1) is 15.1. The highest BCUT2D eigenvalue weighted by molar-refractivity contribution is 14.0. The average Bonchev–Trinajstić information content (AvgIpc) is 2.26. The van der Waals surface area contributed by atoms with Crippen molar-refractivity contribution in [3.05, 3.63) is 29.8 Å². The van der Waals surface area contributed by atoms with Crippen LogP contribution in [0.2, 0.25) is 0 Å². The Bertz CT molecular complexity index is 407. The number of nitrogens with zero attached hydrogens (tertiary/aromatic N) is 2. The van der Waals surface area contributed by atoms with E-state index >= 15 is 0 Å². The molecule has 4 nitrogen and oxygen atoms in total. The summed E-state index contributed by atoms with van der Waals surface area (Å²) in [7, 11) is 0. The van der Waals surface area contributed by atoms with Crippen LogP contribution in [-0.2, 0) is 6.54 Å². The minimum Gasteiger partial charge on any atom is -0.370 e. The molecule has 0 aromatic carbocycles. The Morgan fingerprint density at radius 3 is 2.94 bits per heavy atom. The molecule has 1 aliphatic carbocycles. The van der Waals surface area contributed by atoms with Gasteiger partial charge in [0.25, 0.3) is 0 Å². The van der Waals surface area contributed by atoms with Crippen LogP contribution in [0.15, 0.2) is 23.3 Å². The summed E-state index contributed by atoms with van der Waals surface area (Å²) in [5, 5.41) is 3.05. The molecule has 0 aliphatic heterocycles. The van der Waals surface area contributed by atoms with Gasteiger partial charge in [0, 0.05) is 12.7 Å². The van der Waals surface area contributed by atoms with E-state index in [1.807, 2.05) is 0 Å². The highest BCUT2D eigenvalue weighted by Crippen LogP contribution is 2.24. The van der Waals surface area contributed by atoms with Gasteiger partial charge in [-0.1, -0.05) is 6.42 Å². The first-order chi connectivity index (χ1) is 8.25. The van der Waals surface area contributed by atoms with Gasteiger partial charge in [0.2, 0.25) is 0 Å². The van der Waals surface area contributed by atoms with E-state index in [1.165, 1.54) is 25.3 Å². The molecule has 0 spiro atoms. The van der Waals surface area contributed by atoms with Crippen LogP contribution >= 0.6 is 24.0 Å². The molecule has 18 heavy (non-hydrogen) atoms. The van der Waals surface area contributed by atoms with Crippen molar-refractivity contribution in [1.82, 2.24) is 10.3 Å². The first-order valence-corrected chi connectivity index (χ1v) is 5.89. The van der Waals surface area contributed by atoms with Crippen molar-refractivity contribution < 1.29 is 4.39 Å². The Balaban J connectivity index is 0.00000162. The molecule has 0 saturated heterocycles. The van der Waals surface area contributed by atoms with E-state index in [0.29, 0.717) is 11.7 Å². The van der Waals surface area contributed by atoms with Gasteiger partial charge in [-0.3, -0.25) is 4.98 Å². The van der Waals surface area contributed by atoms with Crippen molar-refractivity contribution in [3.63, 3.8) is 0 Å². The summed E-state index contributed by atoms with van der Waals surface area (Å²) in [6.07, 6.45) is 5.37. The normalized spacial score (nSPS) is 15.7. The van der Waals surface area contributed by atoms with Crippen molar-refractivity contribution in [2.75, 3.05) is 6.54 Å². The SMILES string of the molecule is I.NC(=NCc1ncccc1F)NCC1CCC1. The van der Waals surface area contributed by atoms with E-state index in [2.05, 4.69) is 15.3 Å². The fourth-order valence-corrected chi connectivity index (χ4v) is 1.70. The summed E-state index contributed by atoms with van der Waals surface area (Å²) in [5.41, 5.74) is 6.01. The Hall–Kier alpha value is -0.920. The van der Waals surface area contributed by atoms with Gasteiger partial charge >= 0.3 is 0 Å². The topological polar surface area (TPSA) is 63.3 Å². The number of guanidine groups is 1. The molecule has 3 N–H and O–H groups in total. The molecule has 1 saturated carbocycles. The lowest BCUT2D eigenvalue weighted by atomic mass is 9.85. The molecule has 2 rings (SSSR count). The quantitative estimate of drug-likeness (QED) is 0.488. The van der Waals surface area contributed by atoms with E-state index in [4.69, 9.17) is 5.73 Å². The number of nitrogens with one attached hydrogen (secondary N) is 1. The minimum absolute atomic E-state index is 0. The molecule has 1 fully saturated rings. The average molecular weight is 364 g/mol. The zero-order valence-electron chi connectivity index (χ0n) is 10.1. The maximum Gasteiger partial charge on any atom is 0.188 e. The second kappa shape index (κ2) is 7.50. The summed E-state index contributed by atoms with van der Waals surface area (Å²) < 4.78 is 13.2. The Kier molecular flexibility index (Phi) is 6.31. The monoisotopic (exact) mass is 364 g/mol. The number of hydrogen-bond donors (Lipinski definition) is 2. The third-order valence-electron chi connectivity index (χ3n) is 3.03. The number of nitrogens with two attached hydrogens (primary N) is 1. The minimum atomic E-state index is -0.344. The van der Waals surface area contributed by atoms with Crippen LogP contribution in [0.1, 0.15) is 25.0 Å². The number of aromatic nitrogens is 1. The molecule has 6 heteroatoms. The molecule has 1 aromatic heterocycles. The van der Waals surface area contributed by atoms with Gasteiger partial charge in [-0.05, 0) is 30.9 Å². The molecule has 1 heterocycles. The molecular formula is C12H18FIN4. The first-order valence-electron chi connectivity index (χ1n) is 5.89. The van der Waals surface area contributed by atoms with Gasteiger partial charge in [-0.25, -0.2) is 9.38 Å². The van der Waals surface area contributed by atoms with E-state index in [1.54, 1.807) is 12.3 Å². The lowest BCUT2D eigenvalue weighted by molar-refractivity contribution is 0.315. The number of pyridine rings is 1. The Morgan fingerprint density at radius 2 is 2.33 bits per heavy atom. The summed E-state index contributed by atoms with van der Waals surface area (Å²) in [5.74, 6) is 0.736. The van der Waals surface area contributed by atoms with E-state index in [9.17, 15) is 4.39 Å². The predicted molar refractivity (Wildman–Crippen MR) is 80.3 cm³/mol. The summed E-state index contributed by atoms with van der Waals surface area (Å²) in [6.45, 7) is 1.04. The van der Waals surface area contributed by atoms with Crippen molar-refractivity contribution in [2.24, 2.45) is 16.6 Å². The van der Waals surface area contributed by atoms with Crippen LogP contribution in [0.3, 0.4) is 0 Å². The van der Waals surface area contributed by atoms with Gasteiger partial charge < -0.3 is 11.1 Å². The van der Waals surface area contributed by atoms with Gasteiger partial charge in [0.15, 0.2) is 5.96 Å². The lowest BCUT2D eigenvalue weighted by Gasteiger charge is -2.25. The van der Waals surface area contributed by atoms with Crippen LogP contribution in [0, 0.1) is 11.7 Å². The van der Waals surface area contributed by atoms with E-state index in [-0.39, 0.29) is 36.3 Å². The van der Waals surface area contributed by atoms with Gasteiger partial charge in [-0.15, -0.1) is 24.0 Å². The fourth-order valence-electron chi connectivity index (χ4n) is 1.70. The zero-order valence-corrected chi connectivity index (χ0v) is 12.4. The highest BCUT2D eigenvalue weighted by atomic mass is 127. The van der Waals surface area contributed by atoms with E-state index in [0.717, 1.165) is 12.5 Å². The standard InChI is InChI=1S/C12H17FN4.HI/c13-10-5-2-6-15-11(10)8-17-12(14)16-7-9-3-1-4-9;/h2,5-6,9H,1,3-4,7-8H2,(H3,14,16,17);1H. The van der Waals surface area contributed by atoms with Crippen LogP contribution < -0.4 is 11.1 Å². The van der Waals surface area contributed by atoms with Gasteiger partial charge in [-0.2, -0.15) is 0 Å². The summed E-state index contributed by atoms with van der Waals surface area (Å²) in [6, 6.07) is 2.93. The summed E-state index contributed by atoms with van der Waals surface area (Å²) >= 11 is 0. The molecule has 0 radical (unpaired) electrons. The van der Waals surface area contributed by atoms with Crippen molar-refractivity contribution >= 4 is 29.9 Å². The van der Waals surface area contributed by atoms with Gasteiger partial charge in [0.1, 0.15) is 5.82 Å². The molecule has 0 unspecified atom stereocenters. The van der Waals surface area contributed by atoms with E-state index < -0.39 is 0 Å². The largest absolute Gasteiger partial charge is 0.370 e. The summed E-state index contributed by atoms with van der Waals surface area (Å²) in [4.78, 5) is 7.97. The van der Waals surface area contributed by atoms with Crippen molar-refractivity contribution in [3.8, 4) is 0 Å². The molecule has 1 aromatic rings. The molecule has 0 bridgehead atoms. The van der Waals surface area contributed by atoms with Crippen LogP contribution in [0.4, 0.5) is 4.39 Å². The van der Waals surface area contributed by atoms with Crippen LogP contribution in [0.25, 0.3) is 0 Å². The highest BCUT2D eigenvalue weighted by Gasteiger charge is 2.16. The number of rotatable bonds is 4. The number of hydrogen-bond acceptors (Lipinski definition) is 2. The van der Waals surface area contributed by atoms with Crippen LogP contribution in [0.5, 0.6) is 0 Å². The maximum atomic E-state index is 13.2. The zero-order chi connectivity index (χ0) is 12.1. The molecule has 100 valence electrons. The lowest BCUT2D eigenvalue weighted by Crippen LogP contribution is -2.37. The Morgan fingerprint density at radius 1 is 1.56 bits per heavy atom. The third kappa shape index (κ3) is 4.40.